The minimum Gasteiger partial charge on any atom is -0.466 e. The molecule has 0 bridgehead atoms. The molecule has 0 aromatic carbocycles. The van der Waals surface area contributed by atoms with Crippen LogP contribution in [-0.2, 0) is 9.53 Å². The normalized spacial score (nSPS) is 13.8. The SMILES string of the molecule is CCOC(=O)C(C)/C(C)=C/NC. The zero-order valence-corrected chi connectivity index (χ0v) is 8.18. The molecule has 0 aliphatic carbocycles. The van der Waals surface area contributed by atoms with Gasteiger partial charge in [-0.05, 0) is 32.5 Å². The van der Waals surface area contributed by atoms with Crippen LogP contribution in [-0.4, -0.2) is 19.6 Å². The molecular weight excluding hydrogens is 154 g/mol. The van der Waals surface area contributed by atoms with E-state index in [1.54, 1.807) is 7.05 Å². The lowest BCUT2D eigenvalue weighted by Crippen LogP contribution is -2.16. The molecule has 12 heavy (non-hydrogen) atoms. The number of hydrogen-bond donors (Lipinski definition) is 1. The van der Waals surface area contributed by atoms with E-state index in [1.165, 1.54) is 0 Å². The Morgan fingerprint density at radius 3 is 2.67 bits per heavy atom. The van der Waals surface area contributed by atoms with Gasteiger partial charge in [0.2, 0.25) is 0 Å². The Hall–Kier alpha value is -0.990. The Balaban J connectivity index is 4.09. The van der Waals surface area contributed by atoms with Crippen LogP contribution in [0.5, 0.6) is 0 Å². The summed E-state index contributed by atoms with van der Waals surface area (Å²) < 4.78 is 4.86. The first-order chi connectivity index (χ1) is 5.63. The second-order valence-electron chi connectivity index (χ2n) is 2.65. The van der Waals surface area contributed by atoms with Gasteiger partial charge in [-0.15, -0.1) is 0 Å². The molecule has 0 aliphatic heterocycles. The predicted octanol–water partition coefficient (Wildman–Crippen LogP) is 1.31. The summed E-state index contributed by atoms with van der Waals surface area (Å²) in [4.78, 5) is 11.2. The van der Waals surface area contributed by atoms with Crippen molar-refractivity contribution < 1.29 is 9.53 Å². The maximum atomic E-state index is 11.2. The van der Waals surface area contributed by atoms with E-state index in [0.717, 1.165) is 5.57 Å². The van der Waals surface area contributed by atoms with Crippen LogP contribution in [0.4, 0.5) is 0 Å². The Bertz CT molecular complexity index is 175. The molecule has 0 aromatic rings. The highest BCUT2D eigenvalue weighted by Gasteiger charge is 2.14. The topological polar surface area (TPSA) is 38.3 Å². The number of carbonyl (C=O) groups is 1. The molecule has 1 atom stereocenters. The van der Waals surface area contributed by atoms with Crippen molar-refractivity contribution in [3.8, 4) is 0 Å². The van der Waals surface area contributed by atoms with Gasteiger partial charge >= 0.3 is 5.97 Å². The second-order valence-corrected chi connectivity index (χ2v) is 2.65. The third-order valence-corrected chi connectivity index (χ3v) is 1.70. The maximum absolute atomic E-state index is 11.2. The van der Waals surface area contributed by atoms with Crippen molar-refractivity contribution in [2.45, 2.75) is 20.8 Å². The van der Waals surface area contributed by atoms with Gasteiger partial charge in [-0.25, -0.2) is 0 Å². The molecule has 0 radical (unpaired) electrons. The Kier molecular flexibility index (Phi) is 5.17. The molecular formula is C9H17NO2. The van der Waals surface area contributed by atoms with Gasteiger partial charge in [0.25, 0.3) is 0 Å². The van der Waals surface area contributed by atoms with Crippen LogP contribution in [0.25, 0.3) is 0 Å². The molecule has 0 spiro atoms. The summed E-state index contributed by atoms with van der Waals surface area (Å²) in [7, 11) is 1.81. The molecule has 70 valence electrons. The lowest BCUT2D eigenvalue weighted by atomic mass is 10.0. The first-order valence-electron chi connectivity index (χ1n) is 4.14. The van der Waals surface area contributed by atoms with Crippen LogP contribution in [0.3, 0.4) is 0 Å². The summed E-state index contributed by atoms with van der Waals surface area (Å²) >= 11 is 0. The highest BCUT2D eigenvalue weighted by molar-refractivity contribution is 5.75. The van der Waals surface area contributed by atoms with Crippen LogP contribution in [0, 0.1) is 5.92 Å². The van der Waals surface area contributed by atoms with E-state index >= 15 is 0 Å². The average Bonchev–Trinajstić information content (AvgIpc) is 2.04. The molecule has 0 fully saturated rings. The van der Waals surface area contributed by atoms with Gasteiger partial charge in [-0.3, -0.25) is 4.79 Å². The Morgan fingerprint density at radius 2 is 2.25 bits per heavy atom. The van der Waals surface area contributed by atoms with Crippen LogP contribution >= 0.6 is 0 Å². The van der Waals surface area contributed by atoms with Crippen LogP contribution in [0.1, 0.15) is 20.8 Å². The van der Waals surface area contributed by atoms with Gasteiger partial charge in [0.05, 0.1) is 12.5 Å². The lowest BCUT2D eigenvalue weighted by Gasteiger charge is -2.10. The fraction of sp³-hybridized carbons (Fsp3) is 0.667. The van der Waals surface area contributed by atoms with Gasteiger partial charge in [0, 0.05) is 7.05 Å². The second kappa shape index (κ2) is 5.63. The van der Waals surface area contributed by atoms with E-state index in [1.807, 2.05) is 27.0 Å². The monoisotopic (exact) mass is 171 g/mol. The number of hydrogen-bond acceptors (Lipinski definition) is 3. The van der Waals surface area contributed by atoms with E-state index < -0.39 is 0 Å². The zero-order chi connectivity index (χ0) is 9.56. The van der Waals surface area contributed by atoms with Gasteiger partial charge in [-0.2, -0.15) is 0 Å². The number of esters is 1. The van der Waals surface area contributed by atoms with Crippen molar-refractivity contribution in [3.63, 3.8) is 0 Å². The number of rotatable bonds is 4. The molecule has 0 amide bonds. The van der Waals surface area contributed by atoms with E-state index in [2.05, 4.69) is 5.32 Å². The molecule has 1 unspecified atom stereocenters. The zero-order valence-electron chi connectivity index (χ0n) is 8.18. The lowest BCUT2D eigenvalue weighted by molar-refractivity contribution is -0.146. The predicted molar refractivity (Wildman–Crippen MR) is 48.6 cm³/mol. The summed E-state index contributed by atoms with van der Waals surface area (Å²) in [5.74, 6) is -0.320. The summed E-state index contributed by atoms with van der Waals surface area (Å²) in [6.45, 7) is 5.98. The fourth-order valence-corrected chi connectivity index (χ4v) is 0.806. The minimum atomic E-state index is -0.165. The van der Waals surface area contributed by atoms with E-state index in [4.69, 9.17) is 4.74 Å². The van der Waals surface area contributed by atoms with Gasteiger partial charge in [0.15, 0.2) is 0 Å². The number of nitrogens with one attached hydrogen (secondary N) is 1. The molecule has 0 saturated heterocycles. The third-order valence-electron chi connectivity index (χ3n) is 1.70. The van der Waals surface area contributed by atoms with Crippen molar-refractivity contribution >= 4 is 5.97 Å². The van der Waals surface area contributed by atoms with E-state index in [0.29, 0.717) is 6.61 Å². The standard InChI is InChI=1S/C9H17NO2/c1-5-12-9(11)8(3)7(2)6-10-4/h6,8,10H,5H2,1-4H3/b7-6+. The van der Waals surface area contributed by atoms with E-state index in [9.17, 15) is 4.79 Å². The van der Waals surface area contributed by atoms with Crippen LogP contribution in [0.15, 0.2) is 11.8 Å². The highest BCUT2D eigenvalue weighted by Crippen LogP contribution is 2.10. The summed E-state index contributed by atoms with van der Waals surface area (Å²) in [5.41, 5.74) is 0.982. The smallest absolute Gasteiger partial charge is 0.312 e. The van der Waals surface area contributed by atoms with Crippen LogP contribution < -0.4 is 5.32 Å². The third kappa shape index (κ3) is 3.42. The van der Waals surface area contributed by atoms with Crippen molar-refractivity contribution in [2.24, 2.45) is 5.92 Å². The van der Waals surface area contributed by atoms with E-state index in [-0.39, 0.29) is 11.9 Å². The summed E-state index contributed by atoms with van der Waals surface area (Å²) in [5, 5.41) is 2.88. The van der Waals surface area contributed by atoms with Gasteiger partial charge < -0.3 is 10.1 Å². The van der Waals surface area contributed by atoms with Crippen molar-refractivity contribution in [1.82, 2.24) is 5.32 Å². The molecule has 0 heterocycles. The van der Waals surface area contributed by atoms with Gasteiger partial charge in [0.1, 0.15) is 0 Å². The maximum Gasteiger partial charge on any atom is 0.312 e. The number of carbonyl (C=O) groups excluding carboxylic acids is 1. The molecule has 0 aromatic heterocycles. The first kappa shape index (κ1) is 11.0. The van der Waals surface area contributed by atoms with Crippen molar-refractivity contribution in [1.29, 1.82) is 0 Å². The Morgan fingerprint density at radius 1 is 1.67 bits per heavy atom. The largest absolute Gasteiger partial charge is 0.466 e. The summed E-state index contributed by atoms with van der Waals surface area (Å²) in [6, 6.07) is 0. The van der Waals surface area contributed by atoms with Crippen molar-refractivity contribution in [2.75, 3.05) is 13.7 Å². The highest BCUT2D eigenvalue weighted by atomic mass is 16.5. The minimum absolute atomic E-state index is 0.155. The van der Waals surface area contributed by atoms with Crippen molar-refractivity contribution in [3.05, 3.63) is 11.8 Å². The molecule has 1 N–H and O–H groups in total. The molecule has 3 nitrogen and oxygen atoms in total. The molecule has 0 rings (SSSR count). The average molecular weight is 171 g/mol. The molecule has 0 saturated carbocycles. The quantitative estimate of drug-likeness (QED) is 0.648. The number of ether oxygens (including phenoxy) is 1. The molecule has 0 aliphatic rings. The van der Waals surface area contributed by atoms with Gasteiger partial charge in [-0.1, -0.05) is 0 Å². The summed E-state index contributed by atoms with van der Waals surface area (Å²) in [6.07, 6.45) is 1.81. The fourth-order valence-electron chi connectivity index (χ4n) is 0.806. The Labute approximate surface area is 73.8 Å². The van der Waals surface area contributed by atoms with Crippen LogP contribution in [0.2, 0.25) is 0 Å². The first-order valence-corrected chi connectivity index (χ1v) is 4.14. The molecule has 3 heteroatoms.